The smallest absolute Gasteiger partial charge is 0.326 e. The second kappa shape index (κ2) is 13.2. The highest BCUT2D eigenvalue weighted by atomic mass is 16.6. The molecule has 2 N–H and O–H groups in total. The summed E-state index contributed by atoms with van der Waals surface area (Å²) in [5, 5.41) is 23.4. The van der Waals surface area contributed by atoms with Crippen molar-refractivity contribution in [1.29, 1.82) is 0 Å². The van der Waals surface area contributed by atoms with E-state index >= 15 is 0 Å². The molecule has 3 aromatic carbocycles. The molecule has 0 amide bonds. The maximum Gasteiger partial charge on any atom is 0.326 e. The maximum atomic E-state index is 12.5. The summed E-state index contributed by atoms with van der Waals surface area (Å²) in [6.45, 7) is 3.86. The Kier molecular flexibility index (Phi) is 9.26. The summed E-state index contributed by atoms with van der Waals surface area (Å²) < 4.78 is 11.7. The second-order valence-corrected chi connectivity index (χ2v) is 9.37. The van der Waals surface area contributed by atoms with Gasteiger partial charge in [0.25, 0.3) is 5.69 Å². The molecule has 0 aliphatic rings. The number of aryl methyl sites for hydroxylation is 1. The van der Waals surface area contributed by atoms with Crippen LogP contribution in [0.3, 0.4) is 0 Å². The highest BCUT2D eigenvalue weighted by Gasteiger charge is 2.19. The molecule has 0 aliphatic carbocycles. The molecule has 4 rings (SSSR count). The zero-order chi connectivity index (χ0) is 29.4. The van der Waals surface area contributed by atoms with Gasteiger partial charge in [-0.2, -0.15) is 0 Å². The van der Waals surface area contributed by atoms with E-state index in [9.17, 15) is 24.8 Å². The number of aliphatic carboxylic acids is 1. The zero-order valence-corrected chi connectivity index (χ0v) is 22.6. The quantitative estimate of drug-likeness (QED) is 0.0938. The minimum Gasteiger partial charge on any atom is -0.493 e. The number of rotatable bonds is 13. The Morgan fingerprint density at radius 3 is 2.39 bits per heavy atom. The van der Waals surface area contributed by atoms with Crippen LogP contribution in [0.1, 0.15) is 34.3 Å². The van der Waals surface area contributed by atoms with Gasteiger partial charge in [-0.05, 0) is 55.8 Å². The Hall–Kier alpha value is -5.25. The lowest BCUT2D eigenvalue weighted by atomic mass is 10.0. The number of nitrogens with zero attached hydrogens (tertiary/aromatic N) is 2. The van der Waals surface area contributed by atoms with Gasteiger partial charge in [-0.25, -0.2) is 9.78 Å². The number of nitro groups is 1. The van der Waals surface area contributed by atoms with E-state index in [-0.39, 0.29) is 17.7 Å². The first-order chi connectivity index (χ1) is 19.7. The fourth-order valence-electron chi connectivity index (χ4n) is 4.13. The highest BCUT2D eigenvalue weighted by Crippen LogP contribution is 2.22. The standard InChI is InChI=1S/C31H29N3O7/c1-20(18-29(35)23-10-12-25(13-11-23)34(38)39)32-28(31(36)37)19-22-8-14-26(15-9-22)40-17-16-27-21(2)41-30(33-27)24-6-4-3-5-7-24/h3-15,18,28,32H,16-17,19H2,1-2H3,(H,36,37)/b20-18+/t28-/m0/s1. The lowest BCUT2D eigenvalue weighted by Gasteiger charge is -2.16. The molecular weight excluding hydrogens is 526 g/mol. The van der Waals surface area contributed by atoms with Gasteiger partial charge < -0.3 is 19.6 Å². The first-order valence-corrected chi connectivity index (χ1v) is 12.9. The number of allylic oxidation sites excluding steroid dienone is 2. The Labute approximate surface area is 236 Å². The number of nitrogens with one attached hydrogen (secondary N) is 1. The number of benzene rings is 3. The van der Waals surface area contributed by atoms with Crippen molar-refractivity contribution in [2.45, 2.75) is 32.7 Å². The van der Waals surface area contributed by atoms with Crippen LogP contribution in [-0.2, 0) is 17.6 Å². The Morgan fingerprint density at radius 2 is 1.76 bits per heavy atom. The predicted molar refractivity (Wildman–Crippen MR) is 152 cm³/mol. The zero-order valence-electron chi connectivity index (χ0n) is 22.6. The number of carbonyl (C=O) groups is 2. The highest BCUT2D eigenvalue weighted by molar-refractivity contribution is 6.05. The molecule has 41 heavy (non-hydrogen) atoms. The van der Waals surface area contributed by atoms with Crippen molar-refractivity contribution in [2.24, 2.45) is 0 Å². The van der Waals surface area contributed by atoms with Gasteiger partial charge in [0.1, 0.15) is 17.6 Å². The van der Waals surface area contributed by atoms with Crippen LogP contribution in [0.15, 0.2) is 95.1 Å². The van der Waals surface area contributed by atoms with Gasteiger partial charge in [0.15, 0.2) is 5.78 Å². The van der Waals surface area contributed by atoms with E-state index in [0.717, 1.165) is 22.6 Å². The number of ether oxygens (including phenoxy) is 1. The molecule has 0 bridgehead atoms. The Balaban J connectivity index is 1.30. The first-order valence-electron chi connectivity index (χ1n) is 12.9. The van der Waals surface area contributed by atoms with Crippen LogP contribution in [0.5, 0.6) is 5.75 Å². The molecule has 0 saturated heterocycles. The van der Waals surface area contributed by atoms with E-state index in [2.05, 4.69) is 10.3 Å². The number of nitro benzene ring substituents is 1. The van der Waals surface area contributed by atoms with Crippen LogP contribution < -0.4 is 10.1 Å². The summed E-state index contributed by atoms with van der Waals surface area (Å²) in [6, 6.07) is 21.1. The van der Waals surface area contributed by atoms with E-state index < -0.39 is 22.7 Å². The van der Waals surface area contributed by atoms with Crippen molar-refractivity contribution < 1.29 is 28.8 Å². The molecule has 10 nitrogen and oxygen atoms in total. The summed E-state index contributed by atoms with van der Waals surface area (Å²) in [5.74, 6) is 0.493. The molecule has 0 unspecified atom stereocenters. The van der Waals surface area contributed by atoms with E-state index in [0.29, 0.717) is 30.4 Å². The summed E-state index contributed by atoms with van der Waals surface area (Å²) in [7, 11) is 0. The molecule has 0 saturated carbocycles. The van der Waals surface area contributed by atoms with Gasteiger partial charge in [-0.3, -0.25) is 14.9 Å². The van der Waals surface area contributed by atoms with Crippen molar-refractivity contribution >= 4 is 17.4 Å². The van der Waals surface area contributed by atoms with Crippen molar-refractivity contribution in [3.05, 3.63) is 123 Å². The third-order valence-corrected chi connectivity index (χ3v) is 6.29. The summed E-state index contributed by atoms with van der Waals surface area (Å²) in [4.78, 5) is 39.2. The van der Waals surface area contributed by atoms with Crippen LogP contribution in [0.4, 0.5) is 5.69 Å². The SMILES string of the molecule is C/C(=C\C(=O)c1ccc([N+](=O)[O-])cc1)N[C@@H](Cc1ccc(OCCc2nc(-c3ccccc3)oc2C)cc1)C(=O)O. The predicted octanol–water partition coefficient (Wildman–Crippen LogP) is 5.55. The largest absolute Gasteiger partial charge is 0.493 e. The molecule has 0 radical (unpaired) electrons. The molecule has 210 valence electrons. The van der Waals surface area contributed by atoms with Crippen LogP contribution in [0.25, 0.3) is 11.5 Å². The Bertz CT molecular complexity index is 1540. The monoisotopic (exact) mass is 555 g/mol. The molecule has 0 fully saturated rings. The van der Waals surface area contributed by atoms with E-state index in [1.807, 2.05) is 37.3 Å². The van der Waals surface area contributed by atoms with Gasteiger partial charge in [0.05, 0.1) is 17.2 Å². The molecule has 0 aliphatic heterocycles. The van der Waals surface area contributed by atoms with Gasteiger partial charge >= 0.3 is 5.97 Å². The topological polar surface area (TPSA) is 145 Å². The number of carbonyl (C=O) groups excluding carboxylic acids is 1. The number of hydrogen-bond donors (Lipinski definition) is 2. The third kappa shape index (κ3) is 7.89. The average molecular weight is 556 g/mol. The lowest BCUT2D eigenvalue weighted by Crippen LogP contribution is -2.37. The fraction of sp³-hybridized carbons (Fsp3) is 0.194. The molecule has 1 heterocycles. The van der Waals surface area contributed by atoms with Gasteiger partial charge in [0, 0.05) is 47.9 Å². The second-order valence-electron chi connectivity index (χ2n) is 9.37. The summed E-state index contributed by atoms with van der Waals surface area (Å²) >= 11 is 0. The number of carboxylic acid groups (broad SMARTS) is 1. The fourth-order valence-corrected chi connectivity index (χ4v) is 4.13. The molecule has 4 aromatic rings. The van der Waals surface area contributed by atoms with Gasteiger partial charge in [-0.1, -0.05) is 30.3 Å². The first kappa shape index (κ1) is 28.8. The summed E-state index contributed by atoms with van der Waals surface area (Å²) in [5.41, 5.74) is 3.01. The van der Waals surface area contributed by atoms with Crippen molar-refractivity contribution in [2.75, 3.05) is 6.61 Å². The van der Waals surface area contributed by atoms with Gasteiger partial charge in [-0.15, -0.1) is 0 Å². The maximum absolute atomic E-state index is 12.5. The van der Waals surface area contributed by atoms with Crippen molar-refractivity contribution in [3.8, 4) is 17.2 Å². The average Bonchev–Trinajstić information content (AvgIpc) is 3.34. The molecular formula is C31H29N3O7. The number of aromatic nitrogens is 1. The third-order valence-electron chi connectivity index (χ3n) is 6.29. The van der Waals surface area contributed by atoms with Crippen LogP contribution >= 0.6 is 0 Å². The number of carboxylic acids is 1. The van der Waals surface area contributed by atoms with Crippen molar-refractivity contribution in [1.82, 2.24) is 10.3 Å². The molecule has 0 spiro atoms. The number of ketones is 1. The Morgan fingerprint density at radius 1 is 1.07 bits per heavy atom. The van der Waals surface area contributed by atoms with E-state index in [4.69, 9.17) is 9.15 Å². The number of non-ortho nitro benzene ring substituents is 1. The number of hydrogen-bond acceptors (Lipinski definition) is 8. The minimum atomic E-state index is -1.07. The van der Waals surface area contributed by atoms with Crippen LogP contribution in [0.2, 0.25) is 0 Å². The van der Waals surface area contributed by atoms with Gasteiger partial charge in [0.2, 0.25) is 5.89 Å². The minimum absolute atomic E-state index is 0.120. The van der Waals surface area contributed by atoms with Crippen LogP contribution in [-0.4, -0.2) is 39.4 Å². The van der Waals surface area contributed by atoms with E-state index in [1.54, 1.807) is 31.2 Å². The summed E-state index contributed by atoms with van der Waals surface area (Å²) in [6.07, 6.45) is 2.01. The van der Waals surface area contributed by atoms with E-state index in [1.165, 1.54) is 30.3 Å². The molecule has 10 heteroatoms. The normalized spacial score (nSPS) is 12.0. The van der Waals surface area contributed by atoms with Crippen LogP contribution in [0, 0.1) is 17.0 Å². The molecule has 1 atom stereocenters. The number of oxazole rings is 1. The van der Waals surface area contributed by atoms with Crippen molar-refractivity contribution in [3.63, 3.8) is 0 Å². The molecule has 1 aromatic heterocycles. The lowest BCUT2D eigenvalue weighted by molar-refractivity contribution is -0.384.